The van der Waals surface area contributed by atoms with Crippen molar-refractivity contribution in [1.29, 1.82) is 0 Å². The number of halogens is 2. The summed E-state index contributed by atoms with van der Waals surface area (Å²) in [5.74, 6) is -0.00118. The normalized spacial score (nSPS) is 15.9. The van der Waals surface area contributed by atoms with E-state index in [0.717, 1.165) is 37.9 Å². The average Bonchev–Trinajstić information content (AvgIpc) is 3.00. The SMILES string of the molecule is Cc1nc(CN2CCN(c3ccnc4c(F)cc(F)cc34)CC2)no1. The summed E-state index contributed by atoms with van der Waals surface area (Å²) in [5.41, 5.74) is 1.00. The van der Waals surface area contributed by atoms with Crippen LogP contribution in [-0.4, -0.2) is 46.2 Å². The highest BCUT2D eigenvalue weighted by Gasteiger charge is 2.21. The zero-order chi connectivity index (χ0) is 17.4. The summed E-state index contributed by atoms with van der Waals surface area (Å²) < 4.78 is 32.6. The summed E-state index contributed by atoms with van der Waals surface area (Å²) in [6, 6.07) is 4.01. The lowest BCUT2D eigenvalue weighted by atomic mass is 10.1. The molecule has 8 heteroatoms. The topological polar surface area (TPSA) is 58.3 Å². The van der Waals surface area contributed by atoms with Gasteiger partial charge in [0.1, 0.15) is 11.3 Å². The van der Waals surface area contributed by atoms with E-state index in [1.54, 1.807) is 19.2 Å². The average molecular weight is 345 g/mol. The van der Waals surface area contributed by atoms with Gasteiger partial charge in [-0.25, -0.2) is 8.78 Å². The van der Waals surface area contributed by atoms with Gasteiger partial charge in [-0.15, -0.1) is 0 Å². The van der Waals surface area contributed by atoms with Crippen molar-refractivity contribution in [3.63, 3.8) is 0 Å². The van der Waals surface area contributed by atoms with Gasteiger partial charge < -0.3 is 9.42 Å². The van der Waals surface area contributed by atoms with Crippen LogP contribution in [0.4, 0.5) is 14.5 Å². The van der Waals surface area contributed by atoms with Crippen LogP contribution in [0.25, 0.3) is 10.9 Å². The molecule has 0 spiro atoms. The highest BCUT2D eigenvalue weighted by atomic mass is 19.1. The van der Waals surface area contributed by atoms with Gasteiger partial charge in [-0.1, -0.05) is 5.16 Å². The molecule has 1 aromatic carbocycles. The van der Waals surface area contributed by atoms with Crippen molar-refractivity contribution in [1.82, 2.24) is 20.0 Å². The molecular weight excluding hydrogens is 328 g/mol. The van der Waals surface area contributed by atoms with Gasteiger partial charge in [-0.05, 0) is 12.1 Å². The van der Waals surface area contributed by atoms with Crippen LogP contribution in [0.3, 0.4) is 0 Å². The molecule has 0 amide bonds. The van der Waals surface area contributed by atoms with Gasteiger partial charge in [-0.3, -0.25) is 9.88 Å². The minimum Gasteiger partial charge on any atom is -0.368 e. The second kappa shape index (κ2) is 6.36. The van der Waals surface area contributed by atoms with Crippen molar-refractivity contribution in [2.45, 2.75) is 13.5 Å². The predicted molar refractivity (Wildman–Crippen MR) is 88.2 cm³/mol. The maximum atomic E-state index is 13.9. The number of nitrogens with zero attached hydrogens (tertiary/aromatic N) is 5. The number of aryl methyl sites for hydroxylation is 1. The molecule has 1 fully saturated rings. The Bertz CT molecular complexity index is 905. The summed E-state index contributed by atoms with van der Waals surface area (Å²) in [5, 5.41) is 4.42. The maximum Gasteiger partial charge on any atom is 0.223 e. The molecule has 1 aliphatic rings. The maximum absolute atomic E-state index is 13.9. The number of hydrogen-bond donors (Lipinski definition) is 0. The standard InChI is InChI=1S/C17H17F2N5O/c1-11-21-16(22-25-11)10-23-4-6-24(7-5-23)15-2-3-20-17-13(15)8-12(18)9-14(17)19/h2-3,8-9H,4-7,10H2,1H3. The third-order valence-electron chi connectivity index (χ3n) is 4.39. The quantitative estimate of drug-likeness (QED) is 0.727. The van der Waals surface area contributed by atoms with Gasteiger partial charge in [0, 0.05) is 56.4 Å². The first-order valence-electron chi connectivity index (χ1n) is 8.10. The minimum atomic E-state index is -0.636. The number of fused-ring (bicyclic) bond motifs is 1. The van der Waals surface area contributed by atoms with Crippen LogP contribution in [0, 0.1) is 18.6 Å². The van der Waals surface area contributed by atoms with Crippen LogP contribution in [0.15, 0.2) is 28.9 Å². The molecule has 6 nitrogen and oxygen atoms in total. The summed E-state index contributed by atoms with van der Waals surface area (Å²) in [6.45, 7) is 5.49. The molecule has 1 saturated heterocycles. The minimum absolute atomic E-state index is 0.198. The summed E-state index contributed by atoms with van der Waals surface area (Å²) in [6.07, 6.45) is 1.56. The molecule has 0 atom stereocenters. The fourth-order valence-electron chi connectivity index (χ4n) is 3.19. The lowest BCUT2D eigenvalue weighted by Crippen LogP contribution is -2.46. The van der Waals surface area contributed by atoms with E-state index in [1.807, 2.05) is 0 Å². The number of benzene rings is 1. The molecule has 4 rings (SSSR count). The van der Waals surface area contributed by atoms with Crippen LogP contribution < -0.4 is 4.90 Å². The number of aromatic nitrogens is 3. The van der Waals surface area contributed by atoms with E-state index in [2.05, 4.69) is 24.9 Å². The molecule has 130 valence electrons. The smallest absolute Gasteiger partial charge is 0.223 e. The molecule has 2 aromatic heterocycles. The van der Waals surface area contributed by atoms with Crippen molar-refractivity contribution in [3.05, 3.63) is 47.7 Å². The lowest BCUT2D eigenvalue weighted by molar-refractivity contribution is 0.240. The summed E-state index contributed by atoms with van der Waals surface area (Å²) >= 11 is 0. The first-order chi connectivity index (χ1) is 12.1. The Morgan fingerprint density at radius 2 is 1.96 bits per heavy atom. The Kier molecular flexibility index (Phi) is 4.04. The Hall–Kier alpha value is -2.61. The van der Waals surface area contributed by atoms with E-state index in [4.69, 9.17) is 4.52 Å². The van der Waals surface area contributed by atoms with Crippen molar-refractivity contribution in [3.8, 4) is 0 Å². The van der Waals surface area contributed by atoms with E-state index in [0.29, 0.717) is 23.6 Å². The van der Waals surface area contributed by atoms with Crippen LogP contribution in [0.2, 0.25) is 0 Å². The Labute approximate surface area is 143 Å². The van der Waals surface area contributed by atoms with E-state index in [9.17, 15) is 8.78 Å². The van der Waals surface area contributed by atoms with Gasteiger partial charge in [0.05, 0.1) is 6.54 Å². The van der Waals surface area contributed by atoms with Crippen molar-refractivity contribution in [2.75, 3.05) is 31.1 Å². The number of hydrogen-bond acceptors (Lipinski definition) is 6. The van der Waals surface area contributed by atoms with Crippen molar-refractivity contribution >= 4 is 16.6 Å². The van der Waals surface area contributed by atoms with E-state index >= 15 is 0 Å². The largest absolute Gasteiger partial charge is 0.368 e. The Morgan fingerprint density at radius 3 is 2.68 bits per heavy atom. The number of anilines is 1. The fourth-order valence-corrected chi connectivity index (χ4v) is 3.19. The second-order valence-electron chi connectivity index (χ2n) is 6.11. The van der Waals surface area contributed by atoms with E-state index < -0.39 is 11.6 Å². The van der Waals surface area contributed by atoms with Gasteiger partial charge >= 0.3 is 0 Å². The predicted octanol–water partition coefficient (Wildman–Crippen LogP) is 2.53. The molecule has 0 N–H and O–H groups in total. The summed E-state index contributed by atoms with van der Waals surface area (Å²) in [4.78, 5) is 12.6. The molecule has 0 aliphatic carbocycles. The fraction of sp³-hybridized carbons (Fsp3) is 0.353. The first kappa shape index (κ1) is 15.9. The molecule has 3 aromatic rings. The monoisotopic (exact) mass is 345 g/mol. The van der Waals surface area contributed by atoms with Crippen LogP contribution in [-0.2, 0) is 6.54 Å². The number of rotatable bonds is 3. The molecule has 0 bridgehead atoms. The zero-order valence-electron chi connectivity index (χ0n) is 13.7. The van der Waals surface area contributed by atoms with Gasteiger partial charge in [0.2, 0.25) is 5.89 Å². The van der Waals surface area contributed by atoms with Gasteiger partial charge in [-0.2, -0.15) is 4.98 Å². The van der Waals surface area contributed by atoms with Gasteiger partial charge in [0.25, 0.3) is 0 Å². The third-order valence-corrected chi connectivity index (χ3v) is 4.39. The molecule has 25 heavy (non-hydrogen) atoms. The lowest BCUT2D eigenvalue weighted by Gasteiger charge is -2.36. The molecule has 0 unspecified atom stereocenters. The van der Waals surface area contributed by atoms with Crippen LogP contribution >= 0.6 is 0 Å². The third kappa shape index (κ3) is 3.17. The Morgan fingerprint density at radius 1 is 1.16 bits per heavy atom. The molecule has 3 heterocycles. The van der Waals surface area contributed by atoms with Crippen LogP contribution in [0.1, 0.15) is 11.7 Å². The number of pyridine rings is 1. The van der Waals surface area contributed by atoms with Crippen molar-refractivity contribution in [2.24, 2.45) is 0 Å². The van der Waals surface area contributed by atoms with Gasteiger partial charge in [0.15, 0.2) is 11.6 Å². The molecular formula is C17H17F2N5O. The zero-order valence-corrected chi connectivity index (χ0v) is 13.7. The first-order valence-corrected chi connectivity index (χ1v) is 8.10. The van der Waals surface area contributed by atoms with E-state index in [-0.39, 0.29) is 5.52 Å². The highest BCUT2D eigenvalue weighted by Crippen LogP contribution is 2.28. The highest BCUT2D eigenvalue weighted by molar-refractivity contribution is 5.92. The second-order valence-corrected chi connectivity index (χ2v) is 6.11. The number of piperazine rings is 1. The Balaban J connectivity index is 1.52. The van der Waals surface area contributed by atoms with Crippen LogP contribution in [0.5, 0.6) is 0 Å². The molecule has 1 aliphatic heterocycles. The molecule has 0 radical (unpaired) electrons. The van der Waals surface area contributed by atoms with Crippen molar-refractivity contribution < 1.29 is 13.3 Å². The van der Waals surface area contributed by atoms with E-state index in [1.165, 1.54) is 6.07 Å². The summed E-state index contributed by atoms with van der Waals surface area (Å²) in [7, 11) is 0. The molecule has 0 saturated carbocycles.